The van der Waals surface area contributed by atoms with E-state index in [1.807, 2.05) is 30.3 Å². The van der Waals surface area contributed by atoms with Crippen LogP contribution >= 0.6 is 0 Å². The van der Waals surface area contributed by atoms with Crippen molar-refractivity contribution in [2.75, 3.05) is 24.2 Å². The Morgan fingerprint density at radius 2 is 1.33 bits per heavy atom. The number of para-hydroxylation sites is 1. The van der Waals surface area contributed by atoms with Gasteiger partial charge in [0.15, 0.2) is 0 Å². The zero-order chi connectivity index (χ0) is 34.6. The molecule has 3 aromatic carbocycles. The average molecular weight is 706 g/mol. The largest absolute Gasteiger partial charge is 0.358 e. The molecule has 8 atom stereocenters. The minimum Gasteiger partial charge on any atom is -0.358 e. The summed E-state index contributed by atoms with van der Waals surface area (Å²) in [5.41, 5.74) is 0.911. The van der Waals surface area contributed by atoms with Gasteiger partial charge in [0, 0.05) is 18.0 Å². The Hall–Kier alpha value is -4.75. The van der Waals surface area contributed by atoms with E-state index >= 15 is 8.42 Å². The monoisotopic (exact) mass is 705 g/mol. The van der Waals surface area contributed by atoms with E-state index in [2.05, 4.69) is 6.07 Å². The maximum absolute atomic E-state index is 15.2. The number of carbonyl (C=O) groups is 4. The minimum absolute atomic E-state index is 0.0452. The van der Waals surface area contributed by atoms with Crippen molar-refractivity contribution in [3.8, 4) is 0 Å². The summed E-state index contributed by atoms with van der Waals surface area (Å²) in [4.78, 5) is 65.1. The lowest BCUT2D eigenvalue weighted by Gasteiger charge is -2.50. The molecule has 0 aromatic heterocycles. The summed E-state index contributed by atoms with van der Waals surface area (Å²) >= 11 is 0. The molecule has 6 saturated heterocycles. The predicted molar refractivity (Wildman–Crippen MR) is 180 cm³/mol. The van der Waals surface area contributed by atoms with Crippen LogP contribution < -0.4 is 4.31 Å². The summed E-state index contributed by atoms with van der Waals surface area (Å²) in [6.07, 6.45) is 0.943. The molecule has 6 fully saturated rings. The van der Waals surface area contributed by atoms with E-state index in [0.29, 0.717) is 31.5 Å². The number of nitrogens with zero attached hydrogens (tertiary/aromatic N) is 5. The summed E-state index contributed by atoms with van der Waals surface area (Å²) < 4.78 is 37.4. The first kappa shape index (κ1) is 29.9. The van der Waals surface area contributed by atoms with E-state index in [1.165, 1.54) is 9.21 Å². The van der Waals surface area contributed by atoms with Crippen molar-refractivity contribution < 1.29 is 32.3 Å². The van der Waals surface area contributed by atoms with Gasteiger partial charge in [-0.3, -0.25) is 19.2 Å². The summed E-state index contributed by atoms with van der Waals surface area (Å²) in [5, 5.41) is 0. The molecule has 0 N–H and O–H groups in total. The molecule has 0 spiro atoms. The number of benzene rings is 3. The lowest BCUT2D eigenvalue weighted by molar-refractivity contribution is -0.159. The van der Waals surface area contributed by atoms with Crippen molar-refractivity contribution in [3.63, 3.8) is 0 Å². The van der Waals surface area contributed by atoms with Gasteiger partial charge in [-0.15, -0.1) is 0 Å². The molecule has 3 aromatic rings. The number of ether oxygens (including phenoxy) is 1. The van der Waals surface area contributed by atoms with Gasteiger partial charge >= 0.3 is 0 Å². The fourth-order valence-electron chi connectivity index (χ4n) is 11.8. The molecule has 4 amide bonds. The lowest BCUT2D eigenvalue weighted by Crippen LogP contribution is -2.67. The standard InChI is InChI=1S/C38H35N5O7S/c44-32-29-19-38(37-18-28-33(45)40-21-50-20-30(40)35(47)41(28)31(37)17-22-9-4-5-12-24(22)37)25-13-6-7-14-26(25)43(51(48,49)23-10-2-1-3-11-23)36(38)42(29)34(46)27-15-8-16-39(27)32/h1-7,9-14,27-31,36H,8,15-21H2/t27-,28-,29-,30-,31-,36-,37?,38-/m0/s1. The zero-order valence-corrected chi connectivity index (χ0v) is 28.4. The second kappa shape index (κ2) is 9.77. The smallest absolute Gasteiger partial charge is 0.266 e. The molecule has 0 saturated carbocycles. The second-order valence-electron chi connectivity index (χ2n) is 15.3. The third kappa shape index (κ3) is 3.30. The van der Waals surface area contributed by atoms with Crippen LogP contribution in [-0.4, -0.2) is 108 Å². The van der Waals surface area contributed by atoms with Crippen LogP contribution in [0, 0.1) is 0 Å². The number of anilines is 1. The molecule has 8 aliphatic rings. The summed E-state index contributed by atoms with van der Waals surface area (Å²) in [7, 11) is -4.31. The van der Waals surface area contributed by atoms with Gasteiger partial charge in [0.05, 0.1) is 22.6 Å². The van der Waals surface area contributed by atoms with Gasteiger partial charge in [0.1, 0.15) is 37.1 Å². The molecule has 0 radical (unpaired) electrons. The van der Waals surface area contributed by atoms with E-state index in [4.69, 9.17) is 4.74 Å². The van der Waals surface area contributed by atoms with E-state index in [-0.39, 0.29) is 54.7 Å². The molecular formula is C38H35N5O7S. The molecule has 12 nitrogen and oxygen atoms in total. The molecule has 1 unspecified atom stereocenters. The third-order valence-corrected chi connectivity index (χ3v) is 15.3. The van der Waals surface area contributed by atoms with Gasteiger partial charge in [0.2, 0.25) is 23.6 Å². The molecule has 1 aliphatic carbocycles. The number of fused-ring (bicyclic) bond motifs is 13. The van der Waals surface area contributed by atoms with Gasteiger partial charge in [0.25, 0.3) is 10.0 Å². The first-order valence-electron chi connectivity index (χ1n) is 17.8. The maximum Gasteiger partial charge on any atom is 0.266 e. The Bertz CT molecular complexity index is 2220. The summed E-state index contributed by atoms with van der Waals surface area (Å²) in [6, 6.07) is 20.0. The van der Waals surface area contributed by atoms with Gasteiger partial charge in [-0.25, -0.2) is 12.7 Å². The van der Waals surface area contributed by atoms with Gasteiger partial charge in [-0.1, -0.05) is 60.7 Å². The van der Waals surface area contributed by atoms with Crippen LogP contribution in [0.15, 0.2) is 83.8 Å². The zero-order valence-electron chi connectivity index (χ0n) is 27.6. The van der Waals surface area contributed by atoms with Crippen molar-refractivity contribution in [1.29, 1.82) is 0 Å². The van der Waals surface area contributed by atoms with Crippen molar-refractivity contribution in [2.45, 2.75) is 84.2 Å². The third-order valence-electron chi connectivity index (χ3n) is 13.5. The molecule has 7 aliphatic heterocycles. The van der Waals surface area contributed by atoms with Crippen LogP contribution in [-0.2, 0) is 51.2 Å². The average Bonchev–Trinajstić information content (AvgIpc) is 3.98. The maximum atomic E-state index is 15.2. The molecule has 260 valence electrons. The number of piperazine rings is 2. The van der Waals surface area contributed by atoms with Gasteiger partial charge in [-0.05, 0) is 67.0 Å². The lowest BCUT2D eigenvalue weighted by atomic mass is 9.53. The van der Waals surface area contributed by atoms with Crippen LogP contribution in [0.4, 0.5) is 5.69 Å². The quantitative estimate of drug-likeness (QED) is 0.406. The molecule has 11 rings (SSSR count). The fourth-order valence-corrected chi connectivity index (χ4v) is 13.5. The summed E-state index contributed by atoms with van der Waals surface area (Å²) in [6.45, 7) is 0.647. The molecular weight excluding hydrogens is 671 g/mol. The van der Waals surface area contributed by atoms with E-state index in [9.17, 15) is 19.2 Å². The van der Waals surface area contributed by atoms with Gasteiger partial charge < -0.3 is 24.3 Å². The summed E-state index contributed by atoms with van der Waals surface area (Å²) in [5.74, 6) is -0.765. The first-order valence-corrected chi connectivity index (χ1v) is 19.3. The van der Waals surface area contributed by atoms with Crippen molar-refractivity contribution in [2.24, 2.45) is 0 Å². The number of rotatable bonds is 3. The van der Waals surface area contributed by atoms with Crippen molar-refractivity contribution in [3.05, 3.63) is 95.6 Å². The Kier molecular flexibility index (Phi) is 5.73. The highest BCUT2D eigenvalue weighted by Gasteiger charge is 2.80. The van der Waals surface area contributed by atoms with Crippen molar-refractivity contribution in [1.82, 2.24) is 19.6 Å². The van der Waals surface area contributed by atoms with Crippen LogP contribution in [0.2, 0.25) is 0 Å². The van der Waals surface area contributed by atoms with Crippen LogP contribution in [0.1, 0.15) is 42.4 Å². The number of hydrogen-bond donors (Lipinski definition) is 0. The Labute approximate surface area is 294 Å². The molecule has 13 heteroatoms. The Morgan fingerprint density at radius 1 is 0.667 bits per heavy atom. The highest BCUT2D eigenvalue weighted by molar-refractivity contribution is 7.92. The highest BCUT2D eigenvalue weighted by Crippen LogP contribution is 2.71. The van der Waals surface area contributed by atoms with E-state index < -0.39 is 57.2 Å². The van der Waals surface area contributed by atoms with Crippen molar-refractivity contribution >= 4 is 39.3 Å². The van der Waals surface area contributed by atoms with E-state index in [0.717, 1.165) is 16.7 Å². The minimum atomic E-state index is -4.31. The first-order chi connectivity index (χ1) is 24.7. The van der Waals surface area contributed by atoms with Crippen LogP contribution in [0.3, 0.4) is 0 Å². The number of amides is 4. The Balaban J connectivity index is 1.22. The predicted octanol–water partition coefficient (Wildman–Crippen LogP) is 1.73. The van der Waals surface area contributed by atoms with Crippen LogP contribution in [0.5, 0.6) is 0 Å². The Morgan fingerprint density at radius 3 is 2.16 bits per heavy atom. The molecule has 0 bridgehead atoms. The second-order valence-corrected chi connectivity index (χ2v) is 17.1. The number of sulfonamides is 1. The highest BCUT2D eigenvalue weighted by atomic mass is 32.2. The SMILES string of the molecule is O=C1[C@@H]2CC3([C@]45C[C@H]6C(=O)N7CCC[C@H]7C(=O)N6[C@H]4N(S(=O)(=O)c4ccccc4)c4ccccc45)c4ccccc4C[C@@H]3N2C(=O)[C@@H]2COCN12. The molecule has 7 heterocycles. The van der Waals surface area contributed by atoms with E-state index in [1.54, 1.807) is 57.2 Å². The molecule has 51 heavy (non-hydrogen) atoms. The number of carbonyl (C=O) groups excluding carboxylic acids is 4. The van der Waals surface area contributed by atoms with Gasteiger partial charge in [-0.2, -0.15) is 0 Å². The van der Waals surface area contributed by atoms with Crippen LogP contribution in [0.25, 0.3) is 0 Å². The normalized spacial score (nSPS) is 35.8. The number of hydrogen-bond acceptors (Lipinski definition) is 7. The topological polar surface area (TPSA) is 128 Å². The fraction of sp³-hybridized carbons (Fsp3) is 0.421.